The molecule has 0 aliphatic heterocycles. The van der Waals surface area contributed by atoms with Crippen molar-refractivity contribution in [2.24, 2.45) is 0 Å². The number of unbranched alkanes of at least 4 members (excludes halogenated alkanes) is 1. The van der Waals surface area contributed by atoms with Gasteiger partial charge in [-0.2, -0.15) is 0 Å². The molecule has 0 aliphatic rings. The minimum Gasteiger partial charge on any atom is -0.325 e. The maximum atomic E-state index is 12.1. The average Bonchev–Trinajstić information content (AvgIpc) is 2.95. The molecule has 24 heavy (non-hydrogen) atoms. The molecule has 1 aromatic heterocycles. The topological polar surface area (TPSA) is 59.8 Å². The largest absolute Gasteiger partial charge is 0.325 e. The Hall–Kier alpha value is -2.08. The SMILES string of the molecule is C=CCn1c(CCCC)nnc1SCC(=O)Nc1ccc(C)cc1. The van der Waals surface area contributed by atoms with Gasteiger partial charge >= 0.3 is 0 Å². The molecule has 2 aromatic rings. The minimum absolute atomic E-state index is 0.0490. The predicted octanol–water partition coefficient (Wildman–Crippen LogP) is 3.85. The van der Waals surface area contributed by atoms with Crippen molar-refractivity contribution in [3.8, 4) is 0 Å². The molecule has 0 spiro atoms. The van der Waals surface area contributed by atoms with Crippen molar-refractivity contribution >= 4 is 23.4 Å². The van der Waals surface area contributed by atoms with E-state index in [9.17, 15) is 4.79 Å². The van der Waals surface area contributed by atoms with Crippen LogP contribution < -0.4 is 5.32 Å². The van der Waals surface area contributed by atoms with Crippen molar-refractivity contribution < 1.29 is 4.79 Å². The molecule has 0 bridgehead atoms. The molecule has 0 radical (unpaired) electrons. The number of hydrogen-bond acceptors (Lipinski definition) is 4. The zero-order valence-corrected chi connectivity index (χ0v) is 15.1. The van der Waals surface area contributed by atoms with Crippen LogP contribution in [0.5, 0.6) is 0 Å². The summed E-state index contributed by atoms with van der Waals surface area (Å²) >= 11 is 1.40. The van der Waals surface area contributed by atoms with Gasteiger partial charge in [0.1, 0.15) is 5.82 Å². The Morgan fingerprint density at radius 2 is 2.08 bits per heavy atom. The second-order valence-corrected chi connectivity index (χ2v) is 6.55. The number of anilines is 1. The molecule has 0 atom stereocenters. The van der Waals surface area contributed by atoms with Crippen LogP contribution in [-0.2, 0) is 17.8 Å². The normalized spacial score (nSPS) is 10.6. The Bertz CT molecular complexity index is 679. The van der Waals surface area contributed by atoms with E-state index in [1.807, 2.05) is 41.8 Å². The molecular formula is C18H24N4OS. The van der Waals surface area contributed by atoms with Crippen LogP contribution in [0.15, 0.2) is 42.1 Å². The summed E-state index contributed by atoms with van der Waals surface area (Å²) < 4.78 is 2.03. The summed E-state index contributed by atoms with van der Waals surface area (Å²) in [5.74, 6) is 1.21. The second kappa shape index (κ2) is 9.27. The van der Waals surface area contributed by atoms with Crippen LogP contribution >= 0.6 is 11.8 Å². The summed E-state index contributed by atoms with van der Waals surface area (Å²) in [5.41, 5.74) is 1.97. The summed E-state index contributed by atoms with van der Waals surface area (Å²) in [4.78, 5) is 12.1. The smallest absolute Gasteiger partial charge is 0.234 e. The van der Waals surface area contributed by atoms with Crippen LogP contribution in [0.1, 0.15) is 31.2 Å². The number of nitrogens with one attached hydrogen (secondary N) is 1. The zero-order chi connectivity index (χ0) is 17.4. The van der Waals surface area contributed by atoms with E-state index in [0.717, 1.165) is 35.9 Å². The summed E-state index contributed by atoms with van der Waals surface area (Å²) in [5, 5.41) is 12.1. The van der Waals surface area contributed by atoms with Gasteiger partial charge in [0.05, 0.1) is 5.75 Å². The third-order valence-corrected chi connectivity index (χ3v) is 4.49. The van der Waals surface area contributed by atoms with Crippen LogP contribution in [0.4, 0.5) is 5.69 Å². The van der Waals surface area contributed by atoms with Crippen molar-refractivity contribution in [2.45, 2.75) is 44.8 Å². The summed E-state index contributed by atoms with van der Waals surface area (Å²) in [6, 6.07) is 7.76. The van der Waals surface area contributed by atoms with Gasteiger partial charge < -0.3 is 9.88 Å². The first-order valence-electron chi connectivity index (χ1n) is 8.16. The number of nitrogens with zero attached hydrogens (tertiary/aromatic N) is 3. The highest BCUT2D eigenvalue weighted by Crippen LogP contribution is 2.19. The number of carbonyl (C=O) groups excluding carboxylic acids is 1. The number of amides is 1. The van der Waals surface area contributed by atoms with E-state index in [4.69, 9.17) is 0 Å². The van der Waals surface area contributed by atoms with Crippen molar-refractivity contribution in [1.82, 2.24) is 14.8 Å². The number of hydrogen-bond donors (Lipinski definition) is 1. The van der Waals surface area contributed by atoms with E-state index in [-0.39, 0.29) is 5.91 Å². The molecule has 0 saturated heterocycles. The number of aryl methyl sites for hydroxylation is 2. The van der Waals surface area contributed by atoms with Gasteiger partial charge in [-0.05, 0) is 25.5 Å². The Morgan fingerprint density at radius 1 is 1.33 bits per heavy atom. The fraction of sp³-hybridized carbons (Fsp3) is 0.389. The molecule has 1 amide bonds. The molecule has 1 heterocycles. The number of thioether (sulfide) groups is 1. The van der Waals surface area contributed by atoms with Crippen molar-refractivity contribution in [3.63, 3.8) is 0 Å². The van der Waals surface area contributed by atoms with Crippen LogP contribution in [0.25, 0.3) is 0 Å². The molecule has 2 rings (SSSR count). The molecule has 0 unspecified atom stereocenters. The van der Waals surface area contributed by atoms with E-state index in [1.165, 1.54) is 17.3 Å². The number of rotatable bonds is 9. The number of benzene rings is 1. The molecule has 128 valence electrons. The molecule has 0 fully saturated rings. The van der Waals surface area contributed by atoms with Crippen molar-refractivity contribution in [3.05, 3.63) is 48.3 Å². The Kier molecular flexibility index (Phi) is 7.06. The Morgan fingerprint density at radius 3 is 2.75 bits per heavy atom. The highest BCUT2D eigenvalue weighted by Gasteiger charge is 2.13. The summed E-state index contributed by atoms with van der Waals surface area (Å²) in [7, 11) is 0. The fourth-order valence-corrected chi connectivity index (χ4v) is 2.99. The van der Waals surface area contributed by atoms with E-state index in [1.54, 1.807) is 0 Å². The third-order valence-electron chi connectivity index (χ3n) is 3.53. The van der Waals surface area contributed by atoms with Gasteiger partial charge in [0.15, 0.2) is 5.16 Å². The standard InChI is InChI=1S/C18H24N4OS/c1-4-6-7-16-20-21-18(22(16)12-5-2)24-13-17(23)19-15-10-8-14(3)9-11-15/h5,8-11H,2,4,6-7,12-13H2,1,3H3,(H,19,23). The van der Waals surface area contributed by atoms with Crippen LogP contribution in [0.3, 0.4) is 0 Å². The van der Waals surface area contributed by atoms with Gasteiger partial charge in [0, 0.05) is 18.7 Å². The highest BCUT2D eigenvalue weighted by atomic mass is 32.2. The minimum atomic E-state index is -0.0490. The van der Waals surface area contributed by atoms with Gasteiger partial charge in [-0.25, -0.2) is 0 Å². The first kappa shape index (κ1) is 18.3. The lowest BCUT2D eigenvalue weighted by molar-refractivity contribution is -0.113. The highest BCUT2D eigenvalue weighted by molar-refractivity contribution is 7.99. The first-order chi connectivity index (χ1) is 11.6. The first-order valence-corrected chi connectivity index (χ1v) is 9.15. The second-order valence-electron chi connectivity index (χ2n) is 5.60. The quantitative estimate of drug-likeness (QED) is 0.554. The van der Waals surface area contributed by atoms with Crippen LogP contribution in [0.2, 0.25) is 0 Å². The van der Waals surface area contributed by atoms with Crippen LogP contribution in [0, 0.1) is 6.92 Å². The average molecular weight is 344 g/mol. The van der Waals surface area contributed by atoms with Gasteiger partial charge in [-0.15, -0.1) is 16.8 Å². The number of carbonyl (C=O) groups is 1. The molecule has 1 aromatic carbocycles. The molecule has 0 saturated carbocycles. The molecule has 1 N–H and O–H groups in total. The summed E-state index contributed by atoms with van der Waals surface area (Å²) in [6.07, 6.45) is 4.92. The van der Waals surface area contributed by atoms with Crippen molar-refractivity contribution in [1.29, 1.82) is 0 Å². The third kappa shape index (κ3) is 5.23. The number of aromatic nitrogens is 3. The zero-order valence-electron chi connectivity index (χ0n) is 14.3. The van der Waals surface area contributed by atoms with Gasteiger partial charge in [0.25, 0.3) is 0 Å². The molecule has 6 heteroatoms. The maximum Gasteiger partial charge on any atom is 0.234 e. The lowest BCUT2D eigenvalue weighted by Crippen LogP contribution is -2.14. The van der Waals surface area contributed by atoms with Crippen molar-refractivity contribution in [2.75, 3.05) is 11.1 Å². The fourth-order valence-electron chi connectivity index (χ4n) is 2.22. The van der Waals surface area contributed by atoms with Gasteiger partial charge in [0.2, 0.25) is 5.91 Å². The maximum absolute atomic E-state index is 12.1. The van der Waals surface area contributed by atoms with Gasteiger partial charge in [-0.1, -0.05) is 48.9 Å². The van der Waals surface area contributed by atoms with E-state index < -0.39 is 0 Å². The Balaban J connectivity index is 1.95. The predicted molar refractivity (Wildman–Crippen MR) is 99.4 cm³/mol. The van der Waals surface area contributed by atoms with E-state index in [0.29, 0.717) is 12.3 Å². The molecular weight excluding hydrogens is 320 g/mol. The van der Waals surface area contributed by atoms with E-state index in [2.05, 4.69) is 29.0 Å². The van der Waals surface area contributed by atoms with Crippen LogP contribution in [-0.4, -0.2) is 26.4 Å². The lowest BCUT2D eigenvalue weighted by atomic mass is 10.2. The monoisotopic (exact) mass is 344 g/mol. The molecule has 5 nitrogen and oxygen atoms in total. The van der Waals surface area contributed by atoms with Gasteiger partial charge in [-0.3, -0.25) is 4.79 Å². The number of allylic oxidation sites excluding steroid dienone is 1. The Labute approximate surface area is 147 Å². The summed E-state index contributed by atoms with van der Waals surface area (Å²) in [6.45, 7) is 8.62. The lowest BCUT2D eigenvalue weighted by Gasteiger charge is -2.08. The van der Waals surface area contributed by atoms with E-state index >= 15 is 0 Å². The molecule has 0 aliphatic carbocycles.